The molecule has 0 saturated carbocycles. The van der Waals surface area contributed by atoms with Crippen molar-refractivity contribution >= 4 is 17.8 Å². The minimum absolute atomic E-state index is 0.164. The lowest BCUT2D eigenvalue weighted by Gasteiger charge is -2.29. The minimum Gasteiger partial charge on any atom is -0.481 e. The molecule has 0 bridgehead atoms. The van der Waals surface area contributed by atoms with Gasteiger partial charge in [-0.1, -0.05) is 0 Å². The van der Waals surface area contributed by atoms with Gasteiger partial charge < -0.3 is 21.5 Å². The van der Waals surface area contributed by atoms with Crippen molar-refractivity contribution in [1.82, 2.24) is 4.90 Å². The summed E-state index contributed by atoms with van der Waals surface area (Å²) in [5.74, 6) is -2.11. The molecule has 7 heteroatoms. The first-order valence-electron chi connectivity index (χ1n) is 5.35. The quantitative estimate of drug-likeness (QED) is 0.524. The number of carbonyl (C=O) groups excluding carboxylic acids is 2. The largest absolute Gasteiger partial charge is 0.481 e. The summed E-state index contributed by atoms with van der Waals surface area (Å²) in [5, 5.41) is 8.65. The molecule has 0 radical (unpaired) electrons. The van der Waals surface area contributed by atoms with E-state index in [0.29, 0.717) is 6.54 Å². The van der Waals surface area contributed by atoms with Crippen molar-refractivity contribution in [2.45, 2.75) is 38.8 Å². The standard InChI is InChI=1S/C10H19N3O4/c1-3-13(6(2)4-9(15)16)10(17)7(11)5-8(12)14/h6-7H,3-5,11H2,1-2H3,(H2,12,14)(H,15,16). The smallest absolute Gasteiger partial charge is 0.305 e. The molecule has 0 aromatic carbocycles. The number of amides is 2. The first-order chi connectivity index (χ1) is 7.79. The van der Waals surface area contributed by atoms with Crippen LogP contribution in [0.2, 0.25) is 0 Å². The maximum absolute atomic E-state index is 11.8. The summed E-state index contributed by atoms with van der Waals surface area (Å²) in [6.07, 6.45) is -0.405. The number of carboxylic acid groups (broad SMARTS) is 1. The molecule has 0 aromatic heterocycles. The Balaban J connectivity index is 4.58. The molecule has 0 aliphatic rings. The zero-order valence-electron chi connectivity index (χ0n) is 10.0. The Bertz CT molecular complexity index is 306. The zero-order chi connectivity index (χ0) is 13.6. The third-order valence-corrected chi connectivity index (χ3v) is 2.36. The molecular formula is C10H19N3O4. The summed E-state index contributed by atoms with van der Waals surface area (Å²) in [6.45, 7) is 3.67. The van der Waals surface area contributed by atoms with Crippen LogP contribution < -0.4 is 11.5 Å². The van der Waals surface area contributed by atoms with Crippen LogP contribution in [0.1, 0.15) is 26.7 Å². The Kier molecular flexibility index (Phi) is 6.19. The summed E-state index contributed by atoms with van der Waals surface area (Å²) in [6, 6.07) is -1.48. The predicted molar refractivity (Wildman–Crippen MR) is 60.9 cm³/mol. The molecule has 17 heavy (non-hydrogen) atoms. The van der Waals surface area contributed by atoms with Crippen LogP contribution in [-0.4, -0.2) is 46.4 Å². The van der Waals surface area contributed by atoms with Gasteiger partial charge in [0, 0.05) is 12.6 Å². The van der Waals surface area contributed by atoms with Crippen LogP contribution in [-0.2, 0) is 14.4 Å². The van der Waals surface area contributed by atoms with E-state index in [-0.39, 0.29) is 12.8 Å². The highest BCUT2D eigenvalue weighted by Crippen LogP contribution is 2.07. The van der Waals surface area contributed by atoms with E-state index >= 15 is 0 Å². The summed E-state index contributed by atoms with van der Waals surface area (Å²) in [7, 11) is 0. The maximum atomic E-state index is 11.8. The highest BCUT2D eigenvalue weighted by molar-refractivity contribution is 5.88. The lowest BCUT2D eigenvalue weighted by Crippen LogP contribution is -2.49. The van der Waals surface area contributed by atoms with Gasteiger partial charge in [0.05, 0.1) is 18.9 Å². The number of carbonyl (C=O) groups is 3. The average Bonchev–Trinajstić information content (AvgIpc) is 2.16. The molecule has 98 valence electrons. The van der Waals surface area contributed by atoms with Crippen molar-refractivity contribution in [3.05, 3.63) is 0 Å². The number of hydrogen-bond acceptors (Lipinski definition) is 4. The molecule has 0 spiro atoms. The Morgan fingerprint density at radius 3 is 2.18 bits per heavy atom. The molecule has 0 rings (SSSR count). The van der Waals surface area contributed by atoms with Gasteiger partial charge in [0.25, 0.3) is 0 Å². The highest BCUT2D eigenvalue weighted by Gasteiger charge is 2.26. The summed E-state index contributed by atoms with van der Waals surface area (Å²) in [4.78, 5) is 34.4. The molecule has 2 atom stereocenters. The Morgan fingerprint density at radius 1 is 1.29 bits per heavy atom. The second kappa shape index (κ2) is 6.85. The predicted octanol–water partition coefficient (Wildman–Crippen LogP) is -1.10. The number of carboxylic acids is 1. The summed E-state index contributed by atoms with van der Waals surface area (Å²) in [5.41, 5.74) is 10.5. The van der Waals surface area contributed by atoms with E-state index in [1.54, 1.807) is 13.8 Å². The average molecular weight is 245 g/mol. The minimum atomic E-state index is -1.01. The lowest BCUT2D eigenvalue weighted by atomic mass is 10.1. The van der Waals surface area contributed by atoms with E-state index in [1.165, 1.54) is 4.90 Å². The highest BCUT2D eigenvalue weighted by atomic mass is 16.4. The number of nitrogens with two attached hydrogens (primary N) is 2. The third-order valence-electron chi connectivity index (χ3n) is 2.36. The first-order valence-corrected chi connectivity index (χ1v) is 5.35. The fourth-order valence-electron chi connectivity index (χ4n) is 1.56. The number of primary amides is 1. The van der Waals surface area contributed by atoms with Crippen LogP contribution in [0.15, 0.2) is 0 Å². The van der Waals surface area contributed by atoms with Gasteiger partial charge in [0.15, 0.2) is 0 Å². The van der Waals surface area contributed by atoms with Crippen LogP contribution in [0.5, 0.6) is 0 Å². The van der Waals surface area contributed by atoms with Crippen molar-refractivity contribution in [1.29, 1.82) is 0 Å². The molecule has 0 saturated heterocycles. The zero-order valence-corrected chi connectivity index (χ0v) is 10.0. The van der Waals surface area contributed by atoms with E-state index in [4.69, 9.17) is 16.6 Å². The number of aliphatic carboxylic acids is 1. The Labute approximate surface area is 99.7 Å². The SMILES string of the molecule is CCN(C(=O)C(N)CC(N)=O)C(C)CC(=O)O. The van der Waals surface area contributed by atoms with Crippen LogP contribution in [0.4, 0.5) is 0 Å². The van der Waals surface area contributed by atoms with Crippen molar-refractivity contribution in [2.24, 2.45) is 11.5 Å². The molecule has 2 amide bonds. The molecule has 0 aromatic rings. The van der Waals surface area contributed by atoms with Gasteiger partial charge in [0.1, 0.15) is 0 Å². The Morgan fingerprint density at radius 2 is 1.82 bits per heavy atom. The van der Waals surface area contributed by atoms with Gasteiger partial charge in [-0.25, -0.2) is 0 Å². The van der Waals surface area contributed by atoms with Gasteiger partial charge in [-0.2, -0.15) is 0 Å². The number of hydrogen-bond donors (Lipinski definition) is 3. The van der Waals surface area contributed by atoms with Crippen molar-refractivity contribution < 1.29 is 19.5 Å². The normalized spacial score (nSPS) is 13.8. The maximum Gasteiger partial charge on any atom is 0.305 e. The molecule has 0 aliphatic carbocycles. The van der Waals surface area contributed by atoms with Gasteiger partial charge in [-0.05, 0) is 13.8 Å². The fourth-order valence-corrected chi connectivity index (χ4v) is 1.56. The van der Waals surface area contributed by atoms with Crippen molar-refractivity contribution in [2.75, 3.05) is 6.54 Å². The van der Waals surface area contributed by atoms with E-state index in [0.717, 1.165) is 0 Å². The van der Waals surface area contributed by atoms with Gasteiger partial charge in [-0.15, -0.1) is 0 Å². The van der Waals surface area contributed by atoms with E-state index in [9.17, 15) is 14.4 Å². The van der Waals surface area contributed by atoms with Gasteiger partial charge in [-0.3, -0.25) is 14.4 Å². The van der Waals surface area contributed by atoms with Crippen LogP contribution in [0.25, 0.3) is 0 Å². The molecule has 7 nitrogen and oxygen atoms in total. The van der Waals surface area contributed by atoms with Gasteiger partial charge in [0.2, 0.25) is 11.8 Å². The van der Waals surface area contributed by atoms with Crippen LogP contribution in [0.3, 0.4) is 0 Å². The van der Waals surface area contributed by atoms with Crippen LogP contribution >= 0.6 is 0 Å². The summed E-state index contributed by atoms with van der Waals surface area (Å²) >= 11 is 0. The van der Waals surface area contributed by atoms with Gasteiger partial charge >= 0.3 is 5.97 Å². The molecule has 2 unspecified atom stereocenters. The number of rotatable bonds is 7. The van der Waals surface area contributed by atoms with E-state index < -0.39 is 29.9 Å². The third kappa shape index (κ3) is 5.30. The topological polar surface area (TPSA) is 127 Å². The van der Waals surface area contributed by atoms with E-state index in [1.807, 2.05) is 0 Å². The molecule has 5 N–H and O–H groups in total. The first kappa shape index (κ1) is 15.4. The fraction of sp³-hybridized carbons (Fsp3) is 0.700. The van der Waals surface area contributed by atoms with Crippen molar-refractivity contribution in [3.8, 4) is 0 Å². The second-order valence-corrected chi connectivity index (χ2v) is 3.85. The molecular weight excluding hydrogens is 226 g/mol. The van der Waals surface area contributed by atoms with Crippen LogP contribution in [0, 0.1) is 0 Å². The Hall–Kier alpha value is -1.63. The summed E-state index contributed by atoms with van der Waals surface area (Å²) < 4.78 is 0. The van der Waals surface area contributed by atoms with E-state index in [2.05, 4.69) is 0 Å². The number of nitrogens with zero attached hydrogens (tertiary/aromatic N) is 1. The lowest BCUT2D eigenvalue weighted by molar-refractivity contribution is -0.141. The molecule has 0 fully saturated rings. The molecule has 0 aliphatic heterocycles. The molecule has 0 heterocycles. The monoisotopic (exact) mass is 245 g/mol. The van der Waals surface area contributed by atoms with Crippen molar-refractivity contribution in [3.63, 3.8) is 0 Å². The second-order valence-electron chi connectivity index (χ2n) is 3.85. The number of likely N-dealkylation sites (N-methyl/N-ethyl adjacent to an activating group) is 1.